The molecule has 4 rings (SSSR count). The summed E-state index contributed by atoms with van der Waals surface area (Å²) < 4.78 is 20.5. The van der Waals surface area contributed by atoms with Gasteiger partial charge in [-0.1, -0.05) is 33.4 Å². The van der Waals surface area contributed by atoms with Crippen molar-refractivity contribution in [2.24, 2.45) is 10.2 Å². The van der Waals surface area contributed by atoms with E-state index >= 15 is 0 Å². The molecule has 208 valence electrons. The van der Waals surface area contributed by atoms with Crippen molar-refractivity contribution in [1.29, 1.82) is 0 Å². The summed E-state index contributed by atoms with van der Waals surface area (Å²) in [6, 6.07) is 2.38. The van der Waals surface area contributed by atoms with Crippen molar-refractivity contribution < 1.29 is 18.9 Å². The second-order valence-corrected chi connectivity index (χ2v) is 8.68. The van der Waals surface area contributed by atoms with Crippen LogP contribution in [0.4, 0.5) is 0 Å². The summed E-state index contributed by atoms with van der Waals surface area (Å²) in [5.41, 5.74) is 18.8. The molecule has 0 radical (unpaired) electrons. The van der Waals surface area contributed by atoms with Crippen LogP contribution in [0.3, 0.4) is 0 Å². The number of fused-ring (bicyclic) bond motifs is 2. The molecule has 0 saturated carbocycles. The molecule has 40 heavy (non-hydrogen) atoms. The highest BCUT2D eigenvalue weighted by Crippen LogP contribution is 2.33. The van der Waals surface area contributed by atoms with Crippen LogP contribution in [0.2, 0.25) is 10.3 Å². The number of azide groups is 2. The van der Waals surface area contributed by atoms with Crippen molar-refractivity contribution in [2.75, 3.05) is 41.7 Å². The quantitative estimate of drug-likeness (QED) is 0.0861. The van der Waals surface area contributed by atoms with Crippen LogP contribution in [0.1, 0.15) is 23.2 Å². The molecule has 0 unspecified atom stereocenters. The van der Waals surface area contributed by atoms with E-state index in [0.717, 1.165) is 10.8 Å². The molecule has 4 aromatic heterocycles. The van der Waals surface area contributed by atoms with Crippen LogP contribution < -0.4 is 9.47 Å². The van der Waals surface area contributed by atoms with Crippen LogP contribution in [0.15, 0.2) is 47.1 Å². The van der Waals surface area contributed by atoms with Gasteiger partial charge in [-0.2, -0.15) is 0 Å². The minimum atomic E-state index is -0.496. The maximum absolute atomic E-state index is 8.67. The minimum absolute atomic E-state index is 0.243. The lowest BCUT2D eigenvalue weighted by Crippen LogP contribution is -2.05. The predicted molar refractivity (Wildman–Crippen MR) is 150 cm³/mol. The fourth-order valence-corrected chi connectivity index (χ4v) is 4.20. The summed E-state index contributed by atoms with van der Waals surface area (Å²) in [5, 5.41) is 11.1. The van der Waals surface area contributed by atoms with E-state index in [1.807, 2.05) is 0 Å². The summed E-state index contributed by atoms with van der Waals surface area (Å²) in [5.74, 6) is 0.870. The number of rotatable bonds is 10. The third kappa shape index (κ3) is 7.07. The Kier molecular flexibility index (Phi) is 11.3. The van der Waals surface area contributed by atoms with Gasteiger partial charge in [-0.3, -0.25) is 0 Å². The smallest absolute Gasteiger partial charge is 0.222 e. The molecule has 14 nitrogen and oxygen atoms in total. The third-order valence-corrected chi connectivity index (χ3v) is 6.02. The first-order valence-corrected chi connectivity index (χ1v) is 12.2. The summed E-state index contributed by atoms with van der Waals surface area (Å²) >= 11 is 11.9. The zero-order valence-electron chi connectivity index (χ0n) is 21.9. The molecule has 4 aromatic rings. The number of methoxy groups -OCH3 is 4. The second-order valence-electron chi connectivity index (χ2n) is 7.90. The largest absolute Gasteiger partial charge is 0.481 e. The van der Waals surface area contributed by atoms with E-state index in [4.69, 9.17) is 53.2 Å². The SMILES string of the molecule is COC[C@@H](N=[N+]=[N-])c1cnc(OC)c2cnc(Cl)cc12.COC[C@H](N=[N+]=[N-])c1cnc(OC)c2cnc(Cl)cc12. The molecule has 0 bridgehead atoms. The Morgan fingerprint density at radius 1 is 0.675 bits per heavy atom. The van der Waals surface area contributed by atoms with E-state index in [1.54, 1.807) is 36.9 Å². The molecular weight excluding hydrogens is 563 g/mol. The fourth-order valence-electron chi connectivity index (χ4n) is 3.88. The Hall–Kier alpha value is -4.16. The molecule has 0 aliphatic heterocycles. The Morgan fingerprint density at radius 3 is 1.40 bits per heavy atom. The Balaban J connectivity index is 0.000000220. The van der Waals surface area contributed by atoms with E-state index in [1.165, 1.54) is 28.4 Å². The van der Waals surface area contributed by atoms with Crippen molar-refractivity contribution in [3.05, 3.63) is 79.2 Å². The van der Waals surface area contributed by atoms with Gasteiger partial charge in [0.1, 0.15) is 10.3 Å². The van der Waals surface area contributed by atoms with E-state index in [0.29, 0.717) is 44.0 Å². The normalized spacial score (nSPS) is 11.9. The van der Waals surface area contributed by atoms with E-state index in [-0.39, 0.29) is 13.2 Å². The van der Waals surface area contributed by atoms with Crippen LogP contribution in [0.25, 0.3) is 42.4 Å². The second kappa shape index (κ2) is 14.8. The van der Waals surface area contributed by atoms with Gasteiger partial charge in [0.05, 0.1) is 50.3 Å². The Morgan fingerprint density at radius 2 is 1.07 bits per heavy atom. The van der Waals surface area contributed by atoms with Crippen molar-refractivity contribution in [1.82, 2.24) is 19.9 Å². The monoisotopic (exact) mass is 586 g/mol. The highest BCUT2D eigenvalue weighted by atomic mass is 35.5. The molecule has 0 aliphatic carbocycles. The van der Waals surface area contributed by atoms with Gasteiger partial charge in [0.2, 0.25) is 11.8 Å². The lowest BCUT2D eigenvalue weighted by molar-refractivity contribution is 0.181. The maximum atomic E-state index is 8.67. The van der Waals surface area contributed by atoms with Gasteiger partial charge in [-0.15, -0.1) is 0 Å². The topological polar surface area (TPSA) is 186 Å². The van der Waals surface area contributed by atoms with Crippen LogP contribution in [-0.2, 0) is 9.47 Å². The number of pyridine rings is 4. The van der Waals surface area contributed by atoms with Crippen molar-refractivity contribution in [3.8, 4) is 11.8 Å². The number of ether oxygens (including phenoxy) is 4. The van der Waals surface area contributed by atoms with Gasteiger partial charge in [0.15, 0.2) is 0 Å². The molecule has 0 aromatic carbocycles. The van der Waals surface area contributed by atoms with Gasteiger partial charge in [0.25, 0.3) is 0 Å². The van der Waals surface area contributed by atoms with Gasteiger partial charge in [-0.25, -0.2) is 19.9 Å². The van der Waals surface area contributed by atoms with Crippen molar-refractivity contribution >= 4 is 44.7 Å². The lowest BCUT2D eigenvalue weighted by Gasteiger charge is -2.14. The van der Waals surface area contributed by atoms with Crippen LogP contribution in [0.5, 0.6) is 11.8 Å². The fraction of sp³-hybridized carbons (Fsp3) is 0.333. The van der Waals surface area contributed by atoms with Crippen molar-refractivity contribution in [3.63, 3.8) is 0 Å². The van der Waals surface area contributed by atoms with Crippen LogP contribution >= 0.6 is 23.2 Å². The van der Waals surface area contributed by atoms with Gasteiger partial charge >= 0.3 is 0 Å². The number of nitrogens with zero attached hydrogens (tertiary/aromatic N) is 10. The summed E-state index contributed by atoms with van der Waals surface area (Å²) in [6.45, 7) is 0.486. The third-order valence-electron chi connectivity index (χ3n) is 5.60. The molecule has 0 amide bonds. The first-order valence-electron chi connectivity index (χ1n) is 11.4. The predicted octanol–water partition coefficient (Wildman–Crippen LogP) is 6.58. The summed E-state index contributed by atoms with van der Waals surface area (Å²) in [4.78, 5) is 22.1. The highest BCUT2D eigenvalue weighted by Gasteiger charge is 2.18. The van der Waals surface area contributed by atoms with Gasteiger partial charge in [0, 0.05) is 48.8 Å². The van der Waals surface area contributed by atoms with Gasteiger partial charge < -0.3 is 18.9 Å². The molecule has 0 saturated heterocycles. The van der Waals surface area contributed by atoms with Crippen LogP contribution in [0, 0.1) is 0 Å². The Labute approximate surface area is 238 Å². The first-order chi connectivity index (χ1) is 19.4. The number of halogens is 2. The molecule has 0 fully saturated rings. The standard InChI is InChI=1S/2C12H12ClN5O2/c2*1-19-6-10(17-18-14)8-4-16-12(20-2)9-5-15-11(13)3-7(8)9/h2*3-5,10H,6H2,1-2H3/t2*10-/m10/s1. The van der Waals surface area contributed by atoms with E-state index in [2.05, 4.69) is 40.0 Å². The van der Waals surface area contributed by atoms with E-state index < -0.39 is 12.1 Å². The molecule has 0 N–H and O–H groups in total. The lowest BCUT2D eigenvalue weighted by atomic mass is 10.0. The minimum Gasteiger partial charge on any atom is -0.481 e. The average molecular weight is 587 g/mol. The summed E-state index contributed by atoms with van der Waals surface area (Å²) in [6.07, 6.45) is 6.34. The zero-order chi connectivity index (χ0) is 29.1. The molecule has 2 atom stereocenters. The Bertz CT molecular complexity index is 1460. The average Bonchev–Trinajstić information content (AvgIpc) is 2.96. The highest BCUT2D eigenvalue weighted by molar-refractivity contribution is 6.30. The summed E-state index contributed by atoms with van der Waals surface area (Å²) in [7, 11) is 6.12. The first kappa shape index (κ1) is 30.4. The zero-order valence-corrected chi connectivity index (χ0v) is 23.4. The maximum Gasteiger partial charge on any atom is 0.222 e. The van der Waals surface area contributed by atoms with E-state index in [9.17, 15) is 0 Å². The molecular formula is C24H24Cl2N10O4. The molecule has 0 spiro atoms. The van der Waals surface area contributed by atoms with Crippen molar-refractivity contribution in [2.45, 2.75) is 12.1 Å². The molecule has 16 heteroatoms. The number of aromatic nitrogens is 4. The van der Waals surface area contributed by atoms with Gasteiger partial charge in [-0.05, 0) is 45.1 Å². The number of hydrogen-bond acceptors (Lipinski definition) is 10. The molecule has 0 aliphatic rings. The van der Waals surface area contributed by atoms with Crippen LogP contribution in [-0.4, -0.2) is 61.6 Å². The molecule has 4 heterocycles. The number of hydrogen-bond donors (Lipinski definition) is 0.